The normalized spacial score (nSPS) is 17.8. The minimum Gasteiger partial charge on any atom is -0.495 e. The molecule has 1 fully saturated rings. The van der Waals surface area contributed by atoms with Crippen LogP contribution in [0, 0.1) is 17.1 Å². The van der Waals surface area contributed by atoms with Crippen LogP contribution < -0.4 is 19.7 Å². The molecule has 3 heterocycles. The van der Waals surface area contributed by atoms with Gasteiger partial charge in [0.05, 0.1) is 50.0 Å². The second-order valence-electron chi connectivity index (χ2n) is 11.2. The number of fused-ring (bicyclic) bond motifs is 3. The summed E-state index contributed by atoms with van der Waals surface area (Å²) in [5.41, 5.74) is -0.572. The number of carbonyl (C=O) groups excluding carboxylic acids is 2. The van der Waals surface area contributed by atoms with Gasteiger partial charge in [0.2, 0.25) is 10.0 Å². The number of anilines is 2. The molecule has 0 saturated carbocycles. The zero-order chi connectivity index (χ0) is 34.5. The molecule has 1 aromatic heterocycles. The number of benzene rings is 3. The third kappa shape index (κ3) is 5.50. The van der Waals surface area contributed by atoms with Crippen molar-refractivity contribution in [2.45, 2.75) is 18.0 Å². The number of hydrogen-bond donors (Lipinski definition) is 1. The number of nitriles is 1. The average molecular weight is 681 g/mol. The molecule has 0 aliphatic carbocycles. The molecule has 248 valence electrons. The average Bonchev–Trinajstić information content (AvgIpc) is 3.70. The molecule has 3 aromatic carbocycles. The van der Waals surface area contributed by atoms with Gasteiger partial charge in [0.1, 0.15) is 11.8 Å². The number of alkyl halides is 2. The molecule has 0 bridgehead atoms. The van der Waals surface area contributed by atoms with Crippen molar-refractivity contribution in [1.29, 1.82) is 5.26 Å². The molecule has 2 amide bonds. The van der Waals surface area contributed by atoms with E-state index in [-0.39, 0.29) is 52.8 Å². The van der Waals surface area contributed by atoms with Crippen molar-refractivity contribution in [3.8, 4) is 17.6 Å². The van der Waals surface area contributed by atoms with E-state index in [9.17, 15) is 27.7 Å². The first-order valence-corrected chi connectivity index (χ1v) is 16.2. The van der Waals surface area contributed by atoms with E-state index in [1.165, 1.54) is 64.6 Å². The fourth-order valence-corrected chi connectivity index (χ4v) is 6.82. The van der Waals surface area contributed by atoms with Gasteiger partial charge in [-0.2, -0.15) is 23.4 Å². The van der Waals surface area contributed by atoms with Crippen molar-refractivity contribution in [3.05, 3.63) is 101 Å². The Morgan fingerprint density at radius 3 is 2.31 bits per heavy atom. The molecule has 2 aliphatic rings. The van der Waals surface area contributed by atoms with Gasteiger partial charge in [-0.05, 0) is 48.5 Å². The Kier molecular flexibility index (Phi) is 8.13. The van der Waals surface area contributed by atoms with Crippen molar-refractivity contribution >= 4 is 33.2 Å². The maximum atomic E-state index is 15.5. The van der Waals surface area contributed by atoms with E-state index in [0.29, 0.717) is 0 Å². The largest absolute Gasteiger partial charge is 0.495 e. The molecule has 1 unspecified atom stereocenters. The lowest BCUT2D eigenvalue weighted by molar-refractivity contribution is 0.0425. The lowest BCUT2D eigenvalue weighted by Crippen LogP contribution is -2.51. The van der Waals surface area contributed by atoms with Crippen LogP contribution in [0.3, 0.4) is 0 Å². The summed E-state index contributed by atoms with van der Waals surface area (Å²) < 4.78 is 82.6. The number of rotatable bonds is 8. The highest BCUT2D eigenvalue weighted by atomic mass is 32.2. The quantitative estimate of drug-likeness (QED) is 0.292. The summed E-state index contributed by atoms with van der Waals surface area (Å²) in [6, 6.07) is 12.3. The van der Waals surface area contributed by atoms with Gasteiger partial charge in [-0.3, -0.25) is 14.3 Å². The minimum atomic E-state index is -3.70. The molecule has 48 heavy (non-hydrogen) atoms. The molecule has 4 aromatic rings. The van der Waals surface area contributed by atoms with Gasteiger partial charge in [-0.15, -0.1) is 0 Å². The van der Waals surface area contributed by atoms with E-state index >= 15 is 8.78 Å². The Balaban J connectivity index is 1.36. The number of hydrogen-bond acceptors (Lipinski definition) is 8. The minimum absolute atomic E-state index is 0.0222. The maximum absolute atomic E-state index is 15.5. The Morgan fingerprint density at radius 2 is 1.67 bits per heavy atom. The van der Waals surface area contributed by atoms with Crippen molar-refractivity contribution in [2.75, 3.05) is 43.8 Å². The standard InChI is InChI=1S/C32H27F3N6O6S/c1-46-27-11-4-18(12-19(27)14-36)30(42)38-24-15-37-41-26-17-39(48(3,44)45)16-25(26)40(31(43)29(24)41)22-8-5-20(6-9-22)32(34,35)21-7-10-23(33)28(13-21)47-2/h4-13,15,25-26H,16-17H2,1-3H3,(H,38,42)/t25-,26?/m0/s1. The lowest BCUT2D eigenvalue weighted by Gasteiger charge is -2.37. The maximum Gasteiger partial charge on any atom is 0.298 e. The second-order valence-corrected chi connectivity index (χ2v) is 13.2. The lowest BCUT2D eigenvalue weighted by atomic mass is 9.98. The first-order chi connectivity index (χ1) is 22.8. The summed E-state index contributed by atoms with van der Waals surface area (Å²) in [5, 5.41) is 16.4. The summed E-state index contributed by atoms with van der Waals surface area (Å²) in [6.45, 7) is -0.131. The van der Waals surface area contributed by atoms with E-state index in [4.69, 9.17) is 9.47 Å². The first-order valence-electron chi connectivity index (χ1n) is 14.4. The molecule has 1 saturated heterocycles. The number of amides is 2. The van der Waals surface area contributed by atoms with Crippen LogP contribution in [0.25, 0.3) is 0 Å². The molecule has 6 rings (SSSR count). The number of nitrogens with one attached hydrogen (secondary N) is 1. The van der Waals surface area contributed by atoms with Crippen LogP contribution in [0.1, 0.15) is 43.6 Å². The highest BCUT2D eigenvalue weighted by Gasteiger charge is 2.50. The Hall–Kier alpha value is -5.40. The molecule has 1 N–H and O–H groups in total. The summed E-state index contributed by atoms with van der Waals surface area (Å²) in [4.78, 5) is 28.7. The number of sulfonamides is 1. The third-order valence-corrected chi connectivity index (χ3v) is 9.65. The Bertz CT molecular complexity index is 2100. The van der Waals surface area contributed by atoms with Gasteiger partial charge in [0.15, 0.2) is 17.3 Å². The zero-order valence-corrected chi connectivity index (χ0v) is 26.5. The van der Waals surface area contributed by atoms with Gasteiger partial charge >= 0.3 is 0 Å². The van der Waals surface area contributed by atoms with Crippen molar-refractivity contribution in [1.82, 2.24) is 14.1 Å². The van der Waals surface area contributed by atoms with E-state index < -0.39 is 56.8 Å². The molecule has 16 heteroatoms. The van der Waals surface area contributed by atoms with Crippen LogP contribution in [0.4, 0.5) is 24.5 Å². The second kappa shape index (κ2) is 12.0. The molecule has 0 radical (unpaired) electrons. The van der Waals surface area contributed by atoms with Gasteiger partial charge in [-0.25, -0.2) is 12.8 Å². The van der Waals surface area contributed by atoms with Crippen molar-refractivity contribution in [3.63, 3.8) is 0 Å². The van der Waals surface area contributed by atoms with Gasteiger partial charge < -0.3 is 19.7 Å². The zero-order valence-electron chi connectivity index (χ0n) is 25.6. The summed E-state index contributed by atoms with van der Waals surface area (Å²) in [5.74, 6) is -5.74. The number of nitrogens with zero attached hydrogens (tertiary/aromatic N) is 5. The fraction of sp³-hybridized carbons (Fsp3) is 0.250. The predicted octanol–water partition coefficient (Wildman–Crippen LogP) is 4.15. The molecular weight excluding hydrogens is 653 g/mol. The molecule has 2 atom stereocenters. The van der Waals surface area contributed by atoms with E-state index in [2.05, 4.69) is 10.4 Å². The van der Waals surface area contributed by atoms with Crippen LogP contribution in [-0.2, 0) is 15.9 Å². The Labute approximate surface area is 272 Å². The van der Waals surface area contributed by atoms with Crippen LogP contribution in [0.2, 0.25) is 0 Å². The molecule has 12 nitrogen and oxygen atoms in total. The molecule has 2 aliphatic heterocycles. The summed E-state index contributed by atoms with van der Waals surface area (Å²) in [7, 11) is -1.15. The van der Waals surface area contributed by atoms with Crippen LogP contribution in [0.15, 0.2) is 66.9 Å². The number of methoxy groups -OCH3 is 2. The van der Waals surface area contributed by atoms with E-state index in [0.717, 1.165) is 36.6 Å². The number of ether oxygens (including phenoxy) is 2. The summed E-state index contributed by atoms with van der Waals surface area (Å²) in [6.07, 6.45) is 2.31. The topological polar surface area (TPSA) is 147 Å². The Morgan fingerprint density at radius 1 is 1.00 bits per heavy atom. The molecule has 0 spiro atoms. The number of halogens is 3. The third-order valence-electron chi connectivity index (χ3n) is 8.41. The predicted molar refractivity (Wildman–Crippen MR) is 166 cm³/mol. The summed E-state index contributed by atoms with van der Waals surface area (Å²) >= 11 is 0. The smallest absolute Gasteiger partial charge is 0.298 e. The number of carbonyl (C=O) groups is 2. The first kappa shape index (κ1) is 32.5. The van der Waals surface area contributed by atoms with E-state index in [1.807, 2.05) is 6.07 Å². The van der Waals surface area contributed by atoms with Gasteiger partial charge in [-0.1, -0.05) is 12.1 Å². The highest BCUT2D eigenvalue weighted by Crippen LogP contribution is 2.42. The number of aromatic nitrogens is 2. The fourth-order valence-electron chi connectivity index (χ4n) is 5.98. The van der Waals surface area contributed by atoms with Crippen molar-refractivity contribution < 1.29 is 40.7 Å². The van der Waals surface area contributed by atoms with Crippen molar-refractivity contribution in [2.24, 2.45) is 0 Å². The van der Waals surface area contributed by atoms with Crippen LogP contribution in [-0.4, -0.2) is 73.9 Å². The van der Waals surface area contributed by atoms with Crippen LogP contribution in [0.5, 0.6) is 11.5 Å². The monoisotopic (exact) mass is 680 g/mol. The SMILES string of the molecule is COc1cc(C(F)(F)c2ccc(N3C(=O)c4c(NC(=O)c5ccc(OC)c(C#N)c5)cnn4C4CN(S(C)(=O)=O)C[C@@H]43)cc2)ccc1F. The van der Waals surface area contributed by atoms with Gasteiger partial charge in [0, 0.05) is 35.5 Å². The highest BCUT2D eigenvalue weighted by molar-refractivity contribution is 7.88. The van der Waals surface area contributed by atoms with E-state index in [1.54, 1.807) is 0 Å². The van der Waals surface area contributed by atoms with Crippen LogP contribution >= 0.6 is 0 Å². The molecular formula is C32H27F3N6O6S. The van der Waals surface area contributed by atoms with Gasteiger partial charge in [0.25, 0.3) is 17.7 Å².